The van der Waals surface area contributed by atoms with Crippen LogP contribution < -0.4 is 10.6 Å². The van der Waals surface area contributed by atoms with E-state index in [1.54, 1.807) is 35.2 Å². The van der Waals surface area contributed by atoms with E-state index < -0.39 is 28.8 Å². The van der Waals surface area contributed by atoms with Gasteiger partial charge in [-0.1, -0.05) is 25.1 Å². The normalized spacial score (nSPS) is 13.3. The summed E-state index contributed by atoms with van der Waals surface area (Å²) in [5.74, 6) is -2.02. The molecule has 1 aromatic heterocycles. The van der Waals surface area contributed by atoms with Gasteiger partial charge in [-0.15, -0.1) is 23.1 Å². The number of anilines is 2. The smallest absolute Gasteiger partial charge is 0.410 e. The quantitative estimate of drug-likeness (QED) is 0.246. The predicted octanol–water partition coefficient (Wildman–Crippen LogP) is 6.37. The average Bonchev–Trinajstić information content (AvgIpc) is 3.31. The molecule has 1 atom stereocenters. The number of aromatic carboxylic acids is 1. The van der Waals surface area contributed by atoms with Gasteiger partial charge in [-0.05, 0) is 69.5 Å². The van der Waals surface area contributed by atoms with Crippen LogP contribution in [-0.4, -0.2) is 51.3 Å². The van der Waals surface area contributed by atoms with Gasteiger partial charge in [-0.25, -0.2) is 9.59 Å². The molecule has 2 aromatic carbocycles. The van der Waals surface area contributed by atoms with E-state index in [0.717, 1.165) is 15.3 Å². The zero-order chi connectivity index (χ0) is 31.3. The van der Waals surface area contributed by atoms with Gasteiger partial charge < -0.3 is 25.4 Å². The first-order chi connectivity index (χ1) is 20.4. The van der Waals surface area contributed by atoms with Crippen molar-refractivity contribution in [1.29, 1.82) is 5.26 Å². The average molecular weight is 621 g/mol. The fourth-order valence-electron chi connectivity index (χ4n) is 4.48. The summed E-state index contributed by atoms with van der Waals surface area (Å²) in [6.45, 7) is 8.04. The van der Waals surface area contributed by atoms with Crippen molar-refractivity contribution in [3.8, 4) is 6.07 Å². The Balaban J connectivity index is 1.45. The maximum atomic E-state index is 13.4. The molecule has 3 amide bonds. The van der Waals surface area contributed by atoms with E-state index in [1.165, 1.54) is 35.2 Å². The summed E-state index contributed by atoms with van der Waals surface area (Å²) in [5.41, 5.74) is 1.04. The largest absolute Gasteiger partial charge is 0.478 e. The monoisotopic (exact) mass is 620 g/mol. The molecule has 0 saturated heterocycles. The van der Waals surface area contributed by atoms with E-state index in [9.17, 15) is 29.5 Å². The number of carbonyl (C=O) groups excluding carboxylic acids is 3. The number of nitriles is 1. The summed E-state index contributed by atoms with van der Waals surface area (Å²) < 4.78 is 5.50. The number of fused-ring (bicyclic) bond motifs is 1. The molecule has 2 heterocycles. The summed E-state index contributed by atoms with van der Waals surface area (Å²) >= 11 is 2.61. The van der Waals surface area contributed by atoms with Crippen LogP contribution in [0.15, 0.2) is 53.4 Å². The third-order valence-electron chi connectivity index (χ3n) is 6.49. The van der Waals surface area contributed by atoms with Crippen molar-refractivity contribution in [3.05, 3.63) is 75.7 Å². The van der Waals surface area contributed by atoms with Crippen LogP contribution in [0.25, 0.3) is 0 Å². The molecular weight excluding hydrogens is 588 g/mol. The van der Waals surface area contributed by atoms with Crippen molar-refractivity contribution >= 4 is 57.7 Å². The first-order valence-electron chi connectivity index (χ1n) is 13.6. The molecule has 0 radical (unpaired) electrons. The van der Waals surface area contributed by atoms with E-state index in [4.69, 9.17) is 4.74 Å². The molecule has 0 fully saturated rings. The Bertz CT molecular complexity index is 1600. The molecule has 43 heavy (non-hydrogen) atoms. The minimum atomic E-state index is -1.20. The Morgan fingerprint density at radius 1 is 1.12 bits per heavy atom. The van der Waals surface area contributed by atoms with Gasteiger partial charge in [-0.2, -0.15) is 5.26 Å². The van der Waals surface area contributed by atoms with Crippen LogP contribution in [0.2, 0.25) is 0 Å². The lowest BCUT2D eigenvalue weighted by molar-refractivity contribution is -0.115. The van der Waals surface area contributed by atoms with Crippen LogP contribution in [0.4, 0.5) is 15.5 Å². The van der Waals surface area contributed by atoms with E-state index in [-0.39, 0.29) is 17.0 Å². The van der Waals surface area contributed by atoms with Gasteiger partial charge in [0.05, 0.1) is 28.5 Å². The number of thiophene rings is 1. The molecule has 3 aromatic rings. The zero-order valence-electron chi connectivity index (χ0n) is 24.2. The number of ether oxygens (including phenoxy) is 1. The van der Waals surface area contributed by atoms with Crippen molar-refractivity contribution in [2.75, 3.05) is 17.2 Å². The van der Waals surface area contributed by atoms with Gasteiger partial charge >= 0.3 is 12.1 Å². The number of rotatable bonds is 8. The lowest BCUT2D eigenvalue weighted by Crippen LogP contribution is -2.39. The zero-order valence-corrected chi connectivity index (χ0v) is 25.9. The lowest BCUT2D eigenvalue weighted by atomic mass is 10.0. The van der Waals surface area contributed by atoms with Crippen LogP contribution in [-0.2, 0) is 22.5 Å². The minimum Gasteiger partial charge on any atom is -0.478 e. The maximum Gasteiger partial charge on any atom is 0.410 e. The highest BCUT2D eigenvalue weighted by molar-refractivity contribution is 8.00. The highest BCUT2D eigenvalue weighted by Crippen LogP contribution is 2.38. The number of carboxylic acids is 1. The maximum absolute atomic E-state index is 13.4. The van der Waals surface area contributed by atoms with Crippen LogP contribution in [0.5, 0.6) is 0 Å². The number of nitrogens with zero attached hydrogens (tertiary/aromatic N) is 2. The molecule has 224 valence electrons. The number of hydrogen-bond acceptors (Lipinski definition) is 8. The molecule has 0 spiro atoms. The Hall–Kier alpha value is -4.34. The van der Waals surface area contributed by atoms with Crippen LogP contribution in [0.1, 0.15) is 70.8 Å². The van der Waals surface area contributed by atoms with E-state index >= 15 is 0 Å². The minimum absolute atomic E-state index is 0.0417. The van der Waals surface area contributed by atoms with Gasteiger partial charge in [0.15, 0.2) is 0 Å². The molecule has 0 bridgehead atoms. The standard InChI is InChI=1S/C31H32N4O6S2/c1-5-24(42-19-10-8-9-18(15-19)33-26(36)21-11-6-7-12-22(21)29(38)39)27(37)34-28-23(16-32)20-13-14-35(17-25(20)43-28)30(40)41-31(2,3)4/h6-12,15,24H,5,13-14,17H2,1-4H3,(H,33,36)(H,34,37)(H,38,39). The highest BCUT2D eigenvalue weighted by Gasteiger charge is 2.31. The highest BCUT2D eigenvalue weighted by atomic mass is 32.2. The third-order valence-corrected chi connectivity index (χ3v) is 8.98. The van der Waals surface area contributed by atoms with Gasteiger partial charge in [-0.3, -0.25) is 9.59 Å². The number of benzene rings is 2. The summed E-state index contributed by atoms with van der Waals surface area (Å²) in [4.78, 5) is 53.4. The fraction of sp³-hybridized carbons (Fsp3) is 0.323. The van der Waals surface area contributed by atoms with Gasteiger partial charge in [0, 0.05) is 22.0 Å². The van der Waals surface area contributed by atoms with Crippen molar-refractivity contribution in [2.24, 2.45) is 0 Å². The van der Waals surface area contributed by atoms with Crippen molar-refractivity contribution in [1.82, 2.24) is 4.90 Å². The first-order valence-corrected chi connectivity index (χ1v) is 15.3. The molecule has 12 heteroatoms. The van der Waals surface area contributed by atoms with Crippen LogP contribution >= 0.6 is 23.1 Å². The summed E-state index contributed by atoms with van der Waals surface area (Å²) in [6.07, 6.45) is 0.576. The Kier molecular flexibility index (Phi) is 9.78. The van der Waals surface area contributed by atoms with Gasteiger partial charge in [0.1, 0.15) is 16.7 Å². The Morgan fingerprint density at radius 2 is 1.84 bits per heavy atom. The number of carbonyl (C=O) groups is 4. The molecule has 0 aliphatic carbocycles. The second-order valence-corrected chi connectivity index (χ2v) is 13.2. The van der Waals surface area contributed by atoms with Gasteiger partial charge in [0.2, 0.25) is 5.91 Å². The second-order valence-electron chi connectivity index (χ2n) is 10.8. The fourth-order valence-corrected chi connectivity index (χ4v) is 6.71. The van der Waals surface area contributed by atoms with Gasteiger partial charge in [0.25, 0.3) is 5.91 Å². The predicted molar refractivity (Wildman–Crippen MR) is 166 cm³/mol. The molecule has 1 unspecified atom stereocenters. The molecule has 1 aliphatic heterocycles. The van der Waals surface area contributed by atoms with Crippen LogP contribution in [0, 0.1) is 11.3 Å². The molecule has 1 aliphatic rings. The number of nitrogens with one attached hydrogen (secondary N) is 2. The molecule has 10 nitrogen and oxygen atoms in total. The number of thioether (sulfide) groups is 1. The second kappa shape index (κ2) is 13.3. The summed E-state index contributed by atoms with van der Waals surface area (Å²) in [5, 5.41) is 24.9. The van der Waals surface area contributed by atoms with E-state index in [1.807, 2.05) is 33.8 Å². The molecular formula is C31H32N4O6S2. The topological polar surface area (TPSA) is 149 Å². The number of amides is 3. The van der Waals surface area contributed by atoms with Crippen molar-refractivity contribution in [2.45, 2.75) is 62.8 Å². The first kappa shape index (κ1) is 31.6. The Labute approximate surface area is 258 Å². The van der Waals surface area contributed by atoms with Crippen molar-refractivity contribution < 1.29 is 29.0 Å². The molecule has 4 rings (SSSR count). The number of carboxylic acid groups (broad SMARTS) is 1. The SMILES string of the molecule is CCC(Sc1cccc(NC(=O)c2ccccc2C(=O)O)c1)C(=O)Nc1sc2c(c1C#N)CCN(C(=O)OC(C)(C)C)C2. The van der Waals surface area contributed by atoms with Crippen molar-refractivity contribution in [3.63, 3.8) is 0 Å². The van der Waals surface area contributed by atoms with E-state index in [0.29, 0.717) is 42.2 Å². The number of hydrogen-bond donors (Lipinski definition) is 3. The summed E-state index contributed by atoms with van der Waals surface area (Å²) in [7, 11) is 0. The van der Waals surface area contributed by atoms with E-state index in [2.05, 4.69) is 16.7 Å². The lowest BCUT2D eigenvalue weighted by Gasteiger charge is -2.29. The molecule has 3 N–H and O–H groups in total. The third kappa shape index (κ3) is 7.74. The van der Waals surface area contributed by atoms with Crippen LogP contribution in [0.3, 0.4) is 0 Å². The Morgan fingerprint density at radius 3 is 2.49 bits per heavy atom. The molecule has 0 saturated carbocycles. The summed E-state index contributed by atoms with van der Waals surface area (Å²) in [6, 6.07) is 15.1.